The predicted octanol–water partition coefficient (Wildman–Crippen LogP) is 11.4. The van der Waals surface area contributed by atoms with Crippen LogP contribution in [0.15, 0.2) is 12.2 Å². The van der Waals surface area contributed by atoms with Gasteiger partial charge in [0.15, 0.2) is 6.10 Å². The highest BCUT2D eigenvalue weighted by Crippen LogP contribution is 2.47. The molecular formula is C51H97O13P. The Bertz CT molecular complexity index is 1190. The minimum Gasteiger partial charge on any atom is -0.462 e. The molecule has 0 spiro atoms. The van der Waals surface area contributed by atoms with Gasteiger partial charge in [0.05, 0.1) is 6.61 Å². The van der Waals surface area contributed by atoms with Gasteiger partial charge in [0.2, 0.25) is 0 Å². The molecule has 1 aliphatic rings. The summed E-state index contributed by atoms with van der Waals surface area (Å²) in [6.45, 7) is 3.34. The van der Waals surface area contributed by atoms with Crippen molar-refractivity contribution in [2.75, 3.05) is 13.2 Å². The van der Waals surface area contributed by atoms with Crippen molar-refractivity contribution in [1.29, 1.82) is 0 Å². The van der Waals surface area contributed by atoms with Crippen molar-refractivity contribution in [3.8, 4) is 0 Å². The van der Waals surface area contributed by atoms with E-state index in [-0.39, 0.29) is 12.8 Å². The molecule has 0 aromatic rings. The molecule has 0 aliphatic heterocycles. The number of aliphatic hydroxyl groups is 5. The Hall–Kier alpha value is -1.41. The van der Waals surface area contributed by atoms with Crippen molar-refractivity contribution in [2.45, 2.75) is 288 Å². The highest BCUT2D eigenvalue weighted by atomic mass is 31.2. The average Bonchev–Trinajstić information content (AvgIpc) is 3.29. The highest BCUT2D eigenvalue weighted by molar-refractivity contribution is 7.47. The number of rotatable bonds is 45. The molecule has 14 heteroatoms. The summed E-state index contributed by atoms with van der Waals surface area (Å²) in [6, 6.07) is 0. The molecule has 65 heavy (non-hydrogen) atoms. The quantitative estimate of drug-likeness (QED) is 0.0145. The van der Waals surface area contributed by atoms with Crippen molar-refractivity contribution in [3.05, 3.63) is 12.2 Å². The molecule has 1 saturated carbocycles. The largest absolute Gasteiger partial charge is 0.472 e. The smallest absolute Gasteiger partial charge is 0.462 e. The summed E-state index contributed by atoms with van der Waals surface area (Å²) >= 11 is 0. The van der Waals surface area contributed by atoms with E-state index in [1.807, 2.05) is 0 Å². The first-order valence-corrected chi connectivity index (χ1v) is 28.0. The zero-order valence-corrected chi connectivity index (χ0v) is 41.9. The van der Waals surface area contributed by atoms with Gasteiger partial charge in [0, 0.05) is 12.8 Å². The molecule has 0 amide bonds. The standard InChI is InChI=1S/C51H97O13P/c1-3-5-7-9-11-13-15-17-19-21-22-24-26-28-30-32-34-36-38-40-45(53)63-43(42-62-65(59,60)64-51-49(57)47(55)46(54)48(56)50(51)58)41-61-44(52)39-37-35-33-31-29-27-25-23-20-18-16-14-12-10-8-6-4-2/h18,20,43,46-51,54-58H,3-17,19,21-42H2,1-2H3,(H,59,60)/b20-18+/t43-,46?,47-,48?,49?,50?,51?/m1/s1. The van der Waals surface area contributed by atoms with Gasteiger partial charge in [-0.05, 0) is 38.5 Å². The zero-order chi connectivity index (χ0) is 47.8. The van der Waals surface area contributed by atoms with Crippen LogP contribution in [0.25, 0.3) is 0 Å². The van der Waals surface area contributed by atoms with Crippen molar-refractivity contribution >= 4 is 19.8 Å². The molecule has 8 atom stereocenters. The second kappa shape index (κ2) is 41.6. The summed E-state index contributed by atoms with van der Waals surface area (Å²) < 4.78 is 33.7. The summed E-state index contributed by atoms with van der Waals surface area (Å²) in [7, 11) is -5.12. The van der Waals surface area contributed by atoms with E-state index >= 15 is 0 Å². The van der Waals surface area contributed by atoms with E-state index in [0.29, 0.717) is 12.8 Å². The van der Waals surface area contributed by atoms with E-state index in [1.165, 1.54) is 154 Å². The van der Waals surface area contributed by atoms with Gasteiger partial charge >= 0.3 is 19.8 Å². The van der Waals surface area contributed by atoms with E-state index < -0.39 is 75.7 Å². The van der Waals surface area contributed by atoms with Crippen molar-refractivity contribution in [1.82, 2.24) is 0 Å². The van der Waals surface area contributed by atoms with Gasteiger partial charge in [-0.15, -0.1) is 0 Å². The van der Waals surface area contributed by atoms with E-state index in [0.717, 1.165) is 51.4 Å². The molecule has 0 saturated heterocycles. The van der Waals surface area contributed by atoms with Gasteiger partial charge in [-0.25, -0.2) is 4.57 Å². The van der Waals surface area contributed by atoms with Crippen LogP contribution in [0.3, 0.4) is 0 Å². The topological polar surface area (TPSA) is 210 Å². The molecule has 0 bridgehead atoms. The van der Waals surface area contributed by atoms with Gasteiger partial charge in [-0.3, -0.25) is 18.6 Å². The number of unbranched alkanes of at least 4 members (excludes halogenated alkanes) is 31. The van der Waals surface area contributed by atoms with Gasteiger partial charge in [-0.1, -0.05) is 206 Å². The SMILES string of the molecule is CCCCCCCC/C=C/CCCCCCCCCC(=O)OC[C@H](COP(=O)(O)OC1C(O)C(O)C(O)[C@@H](O)C1O)OC(=O)CCCCCCCCCCCCCCCCCCCCC. The highest BCUT2D eigenvalue weighted by Gasteiger charge is 2.51. The third-order valence-corrected chi connectivity index (χ3v) is 13.6. The second-order valence-corrected chi connectivity index (χ2v) is 20.1. The van der Waals surface area contributed by atoms with Crippen LogP contribution in [0, 0.1) is 0 Å². The molecule has 6 N–H and O–H groups in total. The minimum absolute atomic E-state index is 0.102. The molecule has 1 rings (SSSR count). The van der Waals surface area contributed by atoms with Crippen LogP contribution in [-0.2, 0) is 32.7 Å². The summed E-state index contributed by atoms with van der Waals surface area (Å²) in [6.07, 6.45) is 32.5. The second-order valence-electron chi connectivity index (χ2n) is 18.7. The minimum atomic E-state index is -5.12. The van der Waals surface area contributed by atoms with Gasteiger partial charge in [0.25, 0.3) is 0 Å². The number of hydrogen-bond donors (Lipinski definition) is 6. The molecule has 1 aliphatic carbocycles. The Labute approximate surface area is 394 Å². The number of allylic oxidation sites excluding steroid dienone is 2. The predicted molar refractivity (Wildman–Crippen MR) is 258 cm³/mol. The number of ether oxygens (including phenoxy) is 2. The van der Waals surface area contributed by atoms with Crippen LogP contribution in [0.4, 0.5) is 0 Å². The fraction of sp³-hybridized carbons (Fsp3) is 0.922. The van der Waals surface area contributed by atoms with E-state index in [9.17, 15) is 44.6 Å². The Balaban J connectivity index is 2.38. The van der Waals surface area contributed by atoms with Crippen molar-refractivity contribution in [2.24, 2.45) is 0 Å². The molecule has 384 valence electrons. The van der Waals surface area contributed by atoms with Gasteiger partial charge in [0.1, 0.15) is 43.2 Å². The van der Waals surface area contributed by atoms with E-state index in [4.69, 9.17) is 18.5 Å². The Kier molecular flexibility index (Phi) is 39.4. The summed E-state index contributed by atoms with van der Waals surface area (Å²) in [5, 5.41) is 50.3. The molecule has 13 nitrogen and oxygen atoms in total. The first-order valence-electron chi connectivity index (χ1n) is 26.5. The van der Waals surface area contributed by atoms with Gasteiger partial charge < -0.3 is 39.9 Å². The van der Waals surface area contributed by atoms with Crippen LogP contribution in [-0.4, -0.2) is 98.3 Å². The maximum Gasteiger partial charge on any atom is 0.472 e. The third kappa shape index (κ3) is 33.7. The Morgan fingerprint density at radius 1 is 0.462 bits per heavy atom. The Morgan fingerprint density at radius 3 is 1.17 bits per heavy atom. The molecular weight excluding hydrogens is 852 g/mol. The lowest BCUT2D eigenvalue weighted by atomic mass is 9.85. The van der Waals surface area contributed by atoms with Crippen LogP contribution >= 0.6 is 7.82 Å². The van der Waals surface area contributed by atoms with Crippen molar-refractivity contribution in [3.63, 3.8) is 0 Å². The lowest BCUT2D eigenvalue weighted by Gasteiger charge is -2.41. The lowest BCUT2D eigenvalue weighted by Crippen LogP contribution is -2.64. The van der Waals surface area contributed by atoms with Crippen LogP contribution < -0.4 is 0 Å². The maximum absolute atomic E-state index is 12.9. The fourth-order valence-electron chi connectivity index (χ4n) is 8.34. The van der Waals surface area contributed by atoms with Crippen molar-refractivity contribution < 1.29 is 63.1 Å². The van der Waals surface area contributed by atoms with Crippen LogP contribution in [0.2, 0.25) is 0 Å². The first kappa shape index (κ1) is 61.6. The van der Waals surface area contributed by atoms with E-state index in [1.54, 1.807) is 0 Å². The number of hydrogen-bond acceptors (Lipinski definition) is 12. The molecule has 6 unspecified atom stereocenters. The number of esters is 2. The molecule has 1 fully saturated rings. The molecule has 0 heterocycles. The monoisotopic (exact) mass is 949 g/mol. The number of carbonyl (C=O) groups is 2. The van der Waals surface area contributed by atoms with Crippen LogP contribution in [0.1, 0.15) is 245 Å². The fourth-order valence-corrected chi connectivity index (χ4v) is 9.32. The number of carbonyl (C=O) groups excluding carboxylic acids is 2. The number of phosphoric acid groups is 1. The third-order valence-electron chi connectivity index (χ3n) is 12.6. The molecule has 0 aromatic carbocycles. The van der Waals surface area contributed by atoms with Crippen LogP contribution in [0.5, 0.6) is 0 Å². The first-order chi connectivity index (χ1) is 31.4. The Morgan fingerprint density at radius 2 is 0.785 bits per heavy atom. The summed E-state index contributed by atoms with van der Waals surface area (Å²) in [4.78, 5) is 35.8. The van der Waals surface area contributed by atoms with E-state index in [2.05, 4.69) is 26.0 Å². The molecule has 0 aromatic heterocycles. The average molecular weight is 949 g/mol. The number of phosphoric ester groups is 1. The normalized spacial score (nSPS) is 21.4. The molecule has 0 radical (unpaired) electrons. The lowest BCUT2D eigenvalue weighted by molar-refractivity contribution is -0.220. The zero-order valence-electron chi connectivity index (χ0n) is 41.1. The summed E-state index contributed by atoms with van der Waals surface area (Å²) in [5.41, 5.74) is 0. The van der Waals surface area contributed by atoms with Gasteiger partial charge in [-0.2, -0.15) is 0 Å². The number of aliphatic hydroxyl groups excluding tert-OH is 5. The maximum atomic E-state index is 12.9. The summed E-state index contributed by atoms with van der Waals surface area (Å²) in [5.74, 6) is -1.09.